The number of aromatic nitrogens is 2. The molecule has 1 atom stereocenters. The van der Waals surface area contributed by atoms with Crippen molar-refractivity contribution >= 4 is 6.09 Å². The van der Waals surface area contributed by atoms with Gasteiger partial charge in [0.25, 0.3) is 0 Å². The molecule has 1 aliphatic heterocycles. The zero-order valence-electron chi connectivity index (χ0n) is 14.3. The highest BCUT2D eigenvalue weighted by Gasteiger charge is 2.25. The maximum atomic E-state index is 11.7. The van der Waals surface area contributed by atoms with E-state index in [4.69, 9.17) is 9.47 Å². The van der Waals surface area contributed by atoms with Gasteiger partial charge in [0.1, 0.15) is 11.3 Å². The van der Waals surface area contributed by atoms with Crippen LogP contribution in [0.4, 0.5) is 4.79 Å². The number of carbonyl (C=O) groups excluding carboxylic acids is 1. The molecule has 23 heavy (non-hydrogen) atoms. The fraction of sp³-hybridized carbons (Fsp3) is 0.688. The third-order valence-corrected chi connectivity index (χ3v) is 3.61. The number of carbonyl (C=O) groups is 1. The molecule has 0 saturated carbocycles. The first kappa shape index (κ1) is 17.5. The fourth-order valence-electron chi connectivity index (χ4n) is 2.61. The Morgan fingerprint density at radius 1 is 1.39 bits per heavy atom. The summed E-state index contributed by atoms with van der Waals surface area (Å²) < 4.78 is 10.5. The number of ether oxygens (including phenoxy) is 2. The lowest BCUT2D eigenvalue weighted by atomic mass is 10.1. The number of methoxy groups -OCH3 is 1. The van der Waals surface area contributed by atoms with Crippen LogP contribution >= 0.6 is 0 Å². The van der Waals surface area contributed by atoms with Crippen molar-refractivity contribution in [1.29, 1.82) is 0 Å². The summed E-state index contributed by atoms with van der Waals surface area (Å²) in [5.74, 6) is 0.994. The molecule has 7 heteroatoms. The molecule has 0 bridgehead atoms. The summed E-state index contributed by atoms with van der Waals surface area (Å²) in [4.78, 5) is 22.5. The van der Waals surface area contributed by atoms with E-state index in [0.29, 0.717) is 24.9 Å². The predicted molar refractivity (Wildman–Crippen MR) is 86.2 cm³/mol. The van der Waals surface area contributed by atoms with Crippen LogP contribution in [0.5, 0.6) is 5.88 Å². The lowest BCUT2D eigenvalue weighted by molar-refractivity contribution is 0.0519. The van der Waals surface area contributed by atoms with E-state index in [-0.39, 0.29) is 6.09 Å². The third-order valence-electron chi connectivity index (χ3n) is 3.61. The van der Waals surface area contributed by atoms with Crippen molar-refractivity contribution in [3.8, 4) is 5.88 Å². The average Bonchev–Trinajstić information content (AvgIpc) is 2.91. The molecule has 0 aliphatic carbocycles. The number of rotatable bonds is 5. The molecular formula is C16H26N4O3. The molecule has 7 nitrogen and oxygen atoms in total. The number of alkyl carbamates (subject to hydrolysis) is 1. The van der Waals surface area contributed by atoms with Gasteiger partial charge in [-0.25, -0.2) is 9.78 Å². The summed E-state index contributed by atoms with van der Waals surface area (Å²) in [6.45, 7) is 8.80. The Morgan fingerprint density at radius 3 is 2.83 bits per heavy atom. The van der Waals surface area contributed by atoms with Gasteiger partial charge in [0.15, 0.2) is 0 Å². The van der Waals surface area contributed by atoms with Gasteiger partial charge in [-0.3, -0.25) is 9.88 Å². The molecule has 0 spiro atoms. The van der Waals surface area contributed by atoms with Crippen LogP contribution in [-0.2, 0) is 11.3 Å². The normalized spacial score (nSPS) is 18.7. The van der Waals surface area contributed by atoms with E-state index >= 15 is 0 Å². The van der Waals surface area contributed by atoms with Crippen molar-refractivity contribution in [3.05, 3.63) is 18.1 Å². The topological polar surface area (TPSA) is 76.6 Å². The van der Waals surface area contributed by atoms with E-state index in [1.165, 1.54) is 0 Å². The molecule has 1 aromatic rings. The maximum Gasteiger partial charge on any atom is 0.407 e. The van der Waals surface area contributed by atoms with Gasteiger partial charge >= 0.3 is 6.09 Å². The first-order valence-electron chi connectivity index (χ1n) is 7.90. The van der Waals surface area contributed by atoms with Crippen molar-refractivity contribution in [1.82, 2.24) is 20.2 Å². The number of nitrogens with one attached hydrogen (secondary N) is 1. The highest BCUT2D eigenvalue weighted by molar-refractivity contribution is 5.67. The second-order valence-electron chi connectivity index (χ2n) is 6.78. The monoisotopic (exact) mass is 322 g/mol. The van der Waals surface area contributed by atoms with E-state index < -0.39 is 5.60 Å². The smallest absolute Gasteiger partial charge is 0.407 e. The van der Waals surface area contributed by atoms with Gasteiger partial charge in [0.05, 0.1) is 7.11 Å². The Balaban J connectivity index is 1.77. The fourth-order valence-corrected chi connectivity index (χ4v) is 2.61. The Bertz CT molecular complexity index is 530. The summed E-state index contributed by atoms with van der Waals surface area (Å²) in [7, 11) is 1.60. The number of hydrogen-bond donors (Lipinski definition) is 1. The summed E-state index contributed by atoms with van der Waals surface area (Å²) in [6, 6.07) is 0. The third kappa shape index (κ3) is 5.67. The molecule has 1 N–H and O–H groups in total. The second kappa shape index (κ2) is 7.59. The van der Waals surface area contributed by atoms with Gasteiger partial charge in [-0.1, -0.05) is 0 Å². The predicted octanol–water partition coefficient (Wildman–Crippen LogP) is 1.83. The van der Waals surface area contributed by atoms with E-state index in [1.807, 2.05) is 20.8 Å². The highest BCUT2D eigenvalue weighted by atomic mass is 16.6. The van der Waals surface area contributed by atoms with Crippen LogP contribution in [0.25, 0.3) is 0 Å². The summed E-state index contributed by atoms with van der Waals surface area (Å²) in [5, 5.41) is 2.85. The van der Waals surface area contributed by atoms with Crippen molar-refractivity contribution in [2.45, 2.75) is 39.3 Å². The van der Waals surface area contributed by atoms with E-state index in [0.717, 1.165) is 25.2 Å². The second-order valence-corrected chi connectivity index (χ2v) is 6.78. The van der Waals surface area contributed by atoms with E-state index in [9.17, 15) is 4.79 Å². The molecule has 2 rings (SSSR count). The summed E-state index contributed by atoms with van der Waals surface area (Å²) in [6.07, 6.45) is 3.99. The molecule has 2 heterocycles. The van der Waals surface area contributed by atoms with Crippen LogP contribution in [0, 0.1) is 5.92 Å². The van der Waals surface area contributed by atoms with Crippen molar-refractivity contribution < 1.29 is 14.3 Å². The van der Waals surface area contributed by atoms with Crippen LogP contribution < -0.4 is 10.1 Å². The standard InChI is InChI=1S/C16H26N4O3/c1-16(2,3)23-15(21)19-9-12-5-8-20(10-12)11-13-14(22-4)18-7-6-17-13/h6-7,12H,5,8-11H2,1-4H3,(H,19,21)/t12-/m0/s1. The number of hydrogen-bond acceptors (Lipinski definition) is 6. The molecule has 0 unspecified atom stereocenters. The number of nitrogens with zero attached hydrogens (tertiary/aromatic N) is 3. The first-order valence-corrected chi connectivity index (χ1v) is 7.90. The minimum Gasteiger partial charge on any atom is -0.480 e. The Labute approximate surface area is 137 Å². The van der Waals surface area contributed by atoms with Crippen LogP contribution in [0.2, 0.25) is 0 Å². The molecule has 128 valence electrons. The van der Waals surface area contributed by atoms with Gasteiger partial charge in [0, 0.05) is 32.0 Å². The SMILES string of the molecule is COc1nccnc1CN1CC[C@@H](CNC(=O)OC(C)(C)C)C1. The number of amides is 1. The highest BCUT2D eigenvalue weighted by Crippen LogP contribution is 2.20. The van der Waals surface area contributed by atoms with Gasteiger partial charge in [-0.2, -0.15) is 0 Å². The average molecular weight is 322 g/mol. The largest absolute Gasteiger partial charge is 0.480 e. The molecule has 1 amide bonds. The zero-order chi connectivity index (χ0) is 16.9. The van der Waals surface area contributed by atoms with Gasteiger partial charge < -0.3 is 14.8 Å². The zero-order valence-corrected chi connectivity index (χ0v) is 14.3. The van der Waals surface area contributed by atoms with E-state index in [1.54, 1.807) is 19.5 Å². The molecule has 1 fully saturated rings. The van der Waals surface area contributed by atoms with Gasteiger partial charge in [0.2, 0.25) is 5.88 Å². The molecular weight excluding hydrogens is 296 g/mol. The Hall–Kier alpha value is -1.89. The van der Waals surface area contributed by atoms with Crippen molar-refractivity contribution in [2.24, 2.45) is 5.92 Å². The minimum absolute atomic E-state index is 0.355. The Kier molecular flexibility index (Phi) is 5.76. The number of likely N-dealkylation sites (tertiary alicyclic amines) is 1. The van der Waals surface area contributed by atoms with Crippen LogP contribution in [0.1, 0.15) is 32.9 Å². The molecule has 0 radical (unpaired) electrons. The van der Waals surface area contributed by atoms with E-state index in [2.05, 4.69) is 20.2 Å². The minimum atomic E-state index is -0.464. The quantitative estimate of drug-likeness (QED) is 0.891. The summed E-state index contributed by atoms with van der Waals surface area (Å²) in [5.41, 5.74) is 0.379. The Morgan fingerprint density at radius 2 is 2.13 bits per heavy atom. The van der Waals surface area contributed by atoms with Gasteiger partial charge in [-0.15, -0.1) is 0 Å². The molecule has 1 saturated heterocycles. The first-order chi connectivity index (χ1) is 10.9. The van der Waals surface area contributed by atoms with Crippen molar-refractivity contribution in [2.75, 3.05) is 26.7 Å². The molecule has 1 aromatic heterocycles. The maximum absolute atomic E-state index is 11.7. The van der Waals surface area contributed by atoms with Crippen LogP contribution in [0.15, 0.2) is 12.4 Å². The van der Waals surface area contributed by atoms with Crippen molar-refractivity contribution in [3.63, 3.8) is 0 Å². The summed E-state index contributed by atoms with van der Waals surface area (Å²) >= 11 is 0. The van der Waals surface area contributed by atoms with Gasteiger partial charge in [-0.05, 0) is 39.7 Å². The van der Waals surface area contributed by atoms with Crippen LogP contribution in [0.3, 0.4) is 0 Å². The lowest BCUT2D eigenvalue weighted by Gasteiger charge is -2.21. The van der Waals surface area contributed by atoms with Crippen LogP contribution in [-0.4, -0.2) is 53.3 Å². The molecule has 0 aromatic carbocycles. The molecule has 1 aliphatic rings. The lowest BCUT2D eigenvalue weighted by Crippen LogP contribution is -2.36.